The van der Waals surface area contributed by atoms with Crippen LogP contribution in [0.2, 0.25) is 0 Å². The van der Waals surface area contributed by atoms with E-state index in [1.807, 2.05) is 68.4 Å². The Hall–Kier alpha value is -3.35. The topological polar surface area (TPSA) is 87.7 Å². The number of amides is 3. The summed E-state index contributed by atoms with van der Waals surface area (Å²) in [4.78, 5) is 40.3. The van der Waals surface area contributed by atoms with E-state index in [1.165, 1.54) is 4.90 Å². The maximum atomic E-state index is 13.3. The molecule has 0 radical (unpaired) electrons. The molecule has 2 N–H and O–H groups in total. The first-order valence-electron chi connectivity index (χ1n) is 11.2. The lowest BCUT2D eigenvalue weighted by Crippen LogP contribution is -2.51. The third kappa shape index (κ3) is 7.93. The monoisotopic (exact) mass is 453 g/mol. The Labute approximate surface area is 196 Å². The lowest BCUT2D eigenvalue weighted by atomic mass is 10.0. The zero-order valence-electron chi connectivity index (χ0n) is 20.3. The summed E-state index contributed by atoms with van der Waals surface area (Å²) < 4.78 is 5.27. The first-order valence-corrected chi connectivity index (χ1v) is 11.2. The van der Waals surface area contributed by atoms with Gasteiger partial charge in [0.2, 0.25) is 11.8 Å². The summed E-state index contributed by atoms with van der Waals surface area (Å²) in [5, 5.41) is 5.53. The van der Waals surface area contributed by atoms with Crippen LogP contribution in [0.4, 0.5) is 4.79 Å². The molecular weight excluding hydrogens is 418 g/mol. The Bertz CT molecular complexity index is 936. The van der Waals surface area contributed by atoms with E-state index in [4.69, 9.17) is 4.74 Å². The Kier molecular flexibility index (Phi) is 9.02. The van der Waals surface area contributed by atoms with Crippen LogP contribution in [0.3, 0.4) is 0 Å². The van der Waals surface area contributed by atoms with E-state index < -0.39 is 23.8 Å². The fourth-order valence-corrected chi connectivity index (χ4v) is 3.36. The molecule has 0 bridgehead atoms. The second-order valence-corrected chi connectivity index (χ2v) is 9.01. The molecule has 178 valence electrons. The van der Waals surface area contributed by atoms with Crippen LogP contribution in [0.5, 0.6) is 0 Å². The van der Waals surface area contributed by atoms with Gasteiger partial charge in [0.25, 0.3) is 0 Å². The van der Waals surface area contributed by atoms with E-state index in [0.29, 0.717) is 12.1 Å². The maximum absolute atomic E-state index is 13.3. The van der Waals surface area contributed by atoms with Crippen molar-refractivity contribution in [2.45, 2.75) is 65.8 Å². The molecule has 0 aliphatic heterocycles. The molecule has 0 saturated carbocycles. The van der Waals surface area contributed by atoms with Crippen LogP contribution in [-0.4, -0.2) is 41.0 Å². The van der Waals surface area contributed by atoms with Crippen molar-refractivity contribution >= 4 is 17.9 Å². The van der Waals surface area contributed by atoms with Crippen molar-refractivity contribution in [3.63, 3.8) is 0 Å². The number of nitrogens with one attached hydrogen (secondary N) is 2. The number of benzene rings is 2. The zero-order chi connectivity index (χ0) is 24.6. The molecule has 0 spiro atoms. The van der Waals surface area contributed by atoms with Gasteiger partial charge >= 0.3 is 6.09 Å². The van der Waals surface area contributed by atoms with Gasteiger partial charge in [0.05, 0.1) is 0 Å². The van der Waals surface area contributed by atoms with Crippen LogP contribution in [-0.2, 0) is 20.9 Å². The van der Waals surface area contributed by atoms with E-state index in [9.17, 15) is 14.4 Å². The van der Waals surface area contributed by atoms with Gasteiger partial charge in [-0.05, 0) is 52.7 Å². The highest BCUT2D eigenvalue weighted by molar-refractivity contribution is 5.91. The van der Waals surface area contributed by atoms with E-state index in [-0.39, 0.29) is 18.4 Å². The number of ether oxygens (including phenoxy) is 1. The molecule has 2 aromatic carbocycles. The number of rotatable bonds is 8. The number of aryl methyl sites for hydroxylation is 1. The van der Waals surface area contributed by atoms with Gasteiger partial charge in [-0.15, -0.1) is 0 Å². The Morgan fingerprint density at radius 1 is 1.00 bits per heavy atom. The average molecular weight is 454 g/mol. The normalized spacial score (nSPS) is 12.9. The third-order valence-corrected chi connectivity index (χ3v) is 4.99. The minimum absolute atomic E-state index is 0.288. The second-order valence-electron chi connectivity index (χ2n) is 9.01. The van der Waals surface area contributed by atoms with Gasteiger partial charge in [0.15, 0.2) is 0 Å². The van der Waals surface area contributed by atoms with E-state index in [2.05, 4.69) is 10.6 Å². The Morgan fingerprint density at radius 2 is 1.61 bits per heavy atom. The van der Waals surface area contributed by atoms with Gasteiger partial charge in [0.1, 0.15) is 17.7 Å². The molecule has 2 aromatic rings. The van der Waals surface area contributed by atoms with Gasteiger partial charge in [0, 0.05) is 13.1 Å². The number of nitrogens with zero attached hydrogens (tertiary/aromatic N) is 1. The molecule has 3 amide bonds. The minimum atomic E-state index is -0.866. The van der Waals surface area contributed by atoms with Crippen molar-refractivity contribution in [3.8, 4) is 0 Å². The number of likely N-dealkylation sites (N-methyl/N-ethyl adjacent to an activating group) is 1. The predicted octanol–water partition coefficient (Wildman–Crippen LogP) is 4.11. The summed E-state index contributed by atoms with van der Waals surface area (Å²) in [6, 6.07) is 15.4. The van der Waals surface area contributed by atoms with E-state index in [1.54, 1.807) is 27.7 Å². The van der Waals surface area contributed by atoms with Crippen molar-refractivity contribution in [1.29, 1.82) is 0 Å². The summed E-state index contributed by atoms with van der Waals surface area (Å²) in [5.74, 6) is -0.661. The summed E-state index contributed by atoms with van der Waals surface area (Å²) in [7, 11) is 0. The van der Waals surface area contributed by atoms with Gasteiger partial charge in [-0.2, -0.15) is 0 Å². The number of carbonyl (C=O) groups is 3. The van der Waals surface area contributed by atoms with Crippen LogP contribution < -0.4 is 10.6 Å². The van der Waals surface area contributed by atoms with Crippen molar-refractivity contribution in [2.24, 2.45) is 0 Å². The fourth-order valence-electron chi connectivity index (χ4n) is 3.36. The van der Waals surface area contributed by atoms with Crippen molar-refractivity contribution in [1.82, 2.24) is 15.5 Å². The van der Waals surface area contributed by atoms with Gasteiger partial charge in [-0.1, -0.05) is 60.2 Å². The summed E-state index contributed by atoms with van der Waals surface area (Å²) in [6.45, 7) is 11.2. The molecule has 7 heteroatoms. The smallest absolute Gasteiger partial charge is 0.408 e. The van der Waals surface area contributed by atoms with Crippen LogP contribution in [0.25, 0.3) is 0 Å². The van der Waals surface area contributed by atoms with Crippen LogP contribution in [0.1, 0.15) is 57.4 Å². The average Bonchev–Trinajstić information content (AvgIpc) is 2.75. The van der Waals surface area contributed by atoms with Gasteiger partial charge < -0.3 is 20.3 Å². The summed E-state index contributed by atoms with van der Waals surface area (Å²) in [5.41, 5.74) is 2.03. The van der Waals surface area contributed by atoms with Crippen LogP contribution in [0, 0.1) is 6.92 Å². The molecule has 2 atom stereocenters. The summed E-state index contributed by atoms with van der Waals surface area (Å²) in [6.07, 6.45) is -0.681. The number of hydrogen-bond donors (Lipinski definition) is 2. The lowest BCUT2D eigenvalue weighted by molar-refractivity contribution is -0.142. The molecule has 0 heterocycles. The molecule has 0 aliphatic rings. The zero-order valence-corrected chi connectivity index (χ0v) is 20.3. The minimum Gasteiger partial charge on any atom is -0.444 e. The molecule has 33 heavy (non-hydrogen) atoms. The molecule has 2 rings (SSSR count). The SMILES string of the molecule is CCN(C(=O)C(C)NC(=O)OC(C)(C)C)C(C(=O)NCc1ccccc1)c1ccc(C)cc1. The molecule has 0 fully saturated rings. The highest BCUT2D eigenvalue weighted by atomic mass is 16.6. The molecule has 2 unspecified atom stereocenters. The number of alkyl carbamates (subject to hydrolysis) is 1. The quantitative estimate of drug-likeness (QED) is 0.630. The maximum Gasteiger partial charge on any atom is 0.408 e. The van der Waals surface area contributed by atoms with E-state index in [0.717, 1.165) is 11.1 Å². The molecular formula is C26H35N3O4. The highest BCUT2D eigenvalue weighted by Crippen LogP contribution is 2.23. The predicted molar refractivity (Wildman–Crippen MR) is 128 cm³/mol. The van der Waals surface area contributed by atoms with Gasteiger partial charge in [-0.25, -0.2) is 4.79 Å². The first-order chi connectivity index (χ1) is 15.5. The van der Waals surface area contributed by atoms with Crippen molar-refractivity contribution < 1.29 is 19.1 Å². The fraction of sp³-hybridized carbons (Fsp3) is 0.423. The van der Waals surface area contributed by atoms with Crippen LogP contribution >= 0.6 is 0 Å². The van der Waals surface area contributed by atoms with Crippen molar-refractivity contribution in [3.05, 3.63) is 71.3 Å². The van der Waals surface area contributed by atoms with E-state index >= 15 is 0 Å². The molecule has 7 nitrogen and oxygen atoms in total. The van der Waals surface area contributed by atoms with Gasteiger partial charge in [-0.3, -0.25) is 9.59 Å². The lowest BCUT2D eigenvalue weighted by Gasteiger charge is -2.33. The molecule has 0 aliphatic carbocycles. The molecule has 0 saturated heterocycles. The number of carbonyl (C=O) groups excluding carboxylic acids is 3. The van der Waals surface area contributed by atoms with Crippen molar-refractivity contribution in [2.75, 3.05) is 6.54 Å². The Morgan fingerprint density at radius 3 is 2.15 bits per heavy atom. The Balaban J connectivity index is 2.24. The number of hydrogen-bond acceptors (Lipinski definition) is 4. The summed E-state index contributed by atoms with van der Waals surface area (Å²) >= 11 is 0. The standard InChI is InChI=1S/C26H35N3O4/c1-7-29(24(31)19(3)28-25(32)33-26(4,5)6)22(21-15-13-18(2)14-16-21)23(30)27-17-20-11-9-8-10-12-20/h8-16,19,22H,7,17H2,1-6H3,(H,27,30)(H,28,32). The highest BCUT2D eigenvalue weighted by Gasteiger charge is 2.33. The first kappa shape index (κ1) is 25.9. The third-order valence-electron chi connectivity index (χ3n) is 4.99. The second kappa shape index (κ2) is 11.5. The largest absolute Gasteiger partial charge is 0.444 e. The van der Waals surface area contributed by atoms with Crippen LogP contribution in [0.15, 0.2) is 54.6 Å². The molecule has 0 aromatic heterocycles.